The summed E-state index contributed by atoms with van der Waals surface area (Å²) >= 11 is 5.79. The standard InChI is InChI=1S/C12H14ClN3O2/c13-7-1-4-10(9(5-7)12(14)18)15-6-11(17)16-8-2-3-8/h1,4-5,8,15H,2-3,6H2,(H2,14,18)(H,16,17). The number of hydrogen-bond acceptors (Lipinski definition) is 3. The van der Waals surface area contributed by atoms with Crippen molar-refractivity contribution in [1.82, 2.24) is 5.32 Å². The molecule has 1 aromatic carbocycles. The molecule has 96 valence electrons. The number of hydrogen-bond donors (Lipinski definition) is 3. The average Bonchev–Trinajstić information content (AvgIpc) is 3.11. The molecule has 0 bridgehead atoms. The Balaban J connectivity index is 1.99. The van der Waals surface area contributed by atoms with Crippen LogP contribution in [0.5, 0.6) is 0 Å². The highest BCUT2D eigenvalue weighted by molar-refractivity contribution is 6.31. The number of nitrogens with two attached hydrogens (primary N) is 1. The van der Waals surface area contributed by atoms with E-state index in [1.165, 1.54) is 6.07 Å². The fourth-order valence-corrected chi connectivity index (χ4v) is 1.73. The molecule has 4 N–H and O–H groups in total. The fraction of sp³-hybridized carbons (Fsp3) is 0.333. The molecule has 1 fully saturated rings. The van der Waals surface area contributed by atoms with Gasteiger partial charge in [-0.15, -0.1) is 0 Å². The molecule has 0 saturated heterocycles. The van der Waals surface area contributed by atoms with Crippen molar-refractivity contribution >= 4 is 29.1 Å². The lowest BCUT2D eigenvalue weighted by molar-refractivity contribution is -0.119. The van der Waals surface area contributed by atoms with Gasteiger partial charge in [0.2, 0.25) is 5.91 Å². The summed E-state index contributed by atoms with van der Waals surface area (Å²) in [6.45, 7) is 0.110. The summed E-state index contributed by atoms with van der Waals surface area (Å²) < 4.78 is 0. The van der Waals surface area contributed by atoms with Crippen molar-refractivity contribution in [3.8, 4) is 0 Å². The minimum Gasteiger partial charge on any atom is -0.376 e. The molecule has 2 rings (SSSR count). The van der Waals surface area contributed by atoms with Gasteiger partial charge >= 0.3 is 0 Å². The van der Waals surface area contributed by atoms with Crippen LogP contribution in [0.2, 0.25) is 5.02 Å². The first-order valence-corrected chi connectivity index (χ1v) is 6.06. The third-order valence-corrected chi connectivity index (χ3v) is 2.86. The van der Waals surface area contributed by atoms with Gasteiger partial charge in [0.05, 0.1) is 12.1 Å². The maximum atomic E-state index is 11.5. The maximum Gasteiger partial charge on any atom is 0.250 e. The number of carbonyl (C=O) groups excluding carboxylic acids is 2. The molecule has 0 unspecified atom stereocenters. The van der Waals surface area contributed by atoms with Gasteiger partial charge in [0.1, 0.15) is 0 Å². The quantitative estimate of drug-likeness (QED) is 0.748. The van der Waals surface area contributed by atoms with E-state index < -0.39 is 5.91 Å². The molecular formula is C12H14ClN3O2. The van der Waals surface area contributed by atoms with Gasteiger partial charge in [-0.3, -0.25) is 9.59 Å². The molecule has 0 spiro atoms. The Morgan fingerprint density at radius 1 is 1.39 bits per heavy atom. The smallest absolute Gasteiger partial charge is 0.250 e. The highest BCUT2D eigenvalue weighted by atomic mass is 35.5. The number of carbonyl (C=O) groups is 2. The summed E-state index contributed by atoms with van der Waals surface area (Å²) in [5, 5.41) is 6.15. The Morgan fingerprint density at radius 3 is 2.72 bits per heavy atom. The average molecular weight is 268 g/mol. The van der Waals surface area contributed by atoms with Crippen molar-refractivity contribution in [3.63, 3.8) is 0 Å². The molecule has 0 aliphatic heterocycles. The van der Waals surface area contributed by atoms with Crippen LogP contribution in [0.4, 0.5) is 5.69 Å². The molecule has 0 radical (unpaired) electrons. The van der Waals surface area contributed by atoms with E-state index >= 15 is 0 Å². The van der Waals surface area contributed by atoms with Crippen LogP contribution in [0.15, 0.2) is 18.2 Å². The Kier molecular flexibility index (Phi) is 3.72. The van der Waals surface area contributed by atoms with Gasteiger partial charge in [-0.25, -0.2) is 0 Å². The summed E-state index contributed by atoms with van der Waals surface area (Å²) in [7, 11) is 0. The van der Waals surface area contributed by atoms with E-state index in [0.29, 0.717) is 16.8 Å². The van der Waals surface area contributed by atoms with E-state index in [1.807, 2.05) is 0 Å². The Labute approximate surface area is 110 Å². The van der Waals surface area contributed by atoms with Crippen LogP contribution in [-0.4, -0.2) is 24.4 Å². The molecule has 0 atom stereocenters. The van der Waals surface area contributed by atoms with Gasteiger partial charge in [-0.2, -0.15) is 0 Å². The third kappa shape index (κ3) is 3.37. The topological polar surface area (TPSA) is 84.2 Å². The van der Waals surface area contributed by atoms with E-state index in [-0.39, 0.29) is 18.0 Å². The SMILES string of the molecule is NC(=O)c1cc(Cl)ccc1NCC(=O)NC1CC1. The highest BCUT2D eigenvalue weighted by Gasteiger charge is 2.23. The van der Waals surface area contributed by atoms with Gasteiger partial charge in [0, 0.05) is 16.8 Å². The number of nitrogens with one attached hydrogen (secondary N) is 2. The van der Waals surface area contributed by atoms with Gasteiger partial charge < -0.3 is 16.4 Å². The number of primary amides is 1. The zero-order valence-electron chi connectivity index (χ0n) is 9.70. The van der Waals surface area contributed by atoms with Crippen molar-refractivity contribution in [2.75, 3.05) is 11.9 Å². The van der Waals surface area contributed by atoms with Gasteiger partial charge in [-0.1, -0.05) is 11.6 Å². The van der Waals surface area contributed by atoms with Crippen LogP contribution in [-0.2, 0) is 4.79 Å². The molecule has 0 aromatic heterocycles. The Morgan fingerprint density at radius 2 is 2.11 bits per heavy atom. The lowest BCUT2D eigenvalue weighted by Gasteiger charge is -2.10. The van der Waals surface area contributed by atoms with E-state index in [4.69, 9.17) is 17.3 Å². The van der Waals surface area contributed by atoms with Gasteiger partial charge in [-0.05, 0) is 31.0 Å². The fourth-order valence-electron chi connectivity index (χ4n) is 1.56. The summed E-state index contributed by atoms with van der Waals surface area (Å²) in [6.07, 6.45) is 2.08. The van der Waals surface area contributed by atoms with Crippen molar-refractivity contribution in [1.29, 1.82) is 0 Å². The molecule has 18 heavy (non-hydrogen) atoms. The molecule has 1 aliphatic rings. The first-order chi connectivity index (χ1) is 8.56. The molecule has 5 nitrogen and oxygen atoms in total. The Bertz CT molecular complexity index is 486. The first-order valence-electron chi connectivity index (χ1n) is 5.69. The number of benzene rings is 1. The van der Waals surface area contributed by atoms with Gasteiger partial charge in [0.15, 0.2) is 0 Å². The molecule has 0 heterocycles. The van der Waals surface area contributed by atoms with E-state index in [9.17, 15) is 9.59 Å². The molecule has 1 aromatic rings. The molecule has 2 amide bonds. The van der Waals surface area contributed by atoms with Crippen molar-refractivity contribution in [2.45, 2.75) is 18.9 Å². The summed E-state index contributed by atoms with van der Waals surface area (Å²) in [6, 6.07) is 5.06. The first kappa shape index (κ1) is 12.7. The minimum atomic E-state index is -0.581. The Hall–Kier alpha value is -1.75. The van der Waals surface area contributed by atoms with Crippen molar-refractivity contribution in [2.24, 2.45) is 5.73 Å². The van der Waals surface area contributed by atoms with E-state index in [2.05, 4.69) is 10.6 Å². The number of anilines is 1. The third-order valence-electron chi connectivity index (χ3n) is 2.63. The second-order valence-electron chi connectivity index (χ2n) is 4.25. The highest BCUT2D eigenvalue weighted by Crippen LogP contribution is 2.20. The van der Waals surface area contributed by atoms with Crippen LogP contribution >= 0.6 is 11.6 Å². The zero-order chi connectivity index (χ0) is 13.1. The lowest BCUT2D eigenvalue weighted by atomic mass is 10.1. The number of rotatable bonds is 5. The second kappa shape index (κ2) is 5.27. The summed E-state index contributed by atoms with van der Waals surface area (Å²) in [5.41, 5.74) is 6.03. The van der Waals surface area contributed by atoms with Crippen LogP contribution in [0.25, 0.3) is 0 Å². The van der Waals surface area contributed by atoms with Crippen LogP contribution in [0, 0.1) is 0 Å². The zero-order valence-corrected chi connectivity index (χ0v) is 10.5. The van der Waals surface area contributed by atoms with Crippen LogP contribution in [0.1, 0.15) is 23.2 Å². The maximum absolute atomic E-state index is 11.5. The summed E-state index contributed by atoms with van der Waals surface area (Å²) in [5.74, 6) is -0.675. The van der Waals surface area contributed by atoms with Gasteiger partial charge in [0.25, 0.3) is 5.91 Å². The molecular weight excluding hydrogens is 254 g/mol. The molecule has 6 heteroatoms. The summed E-state index contributed by atoms with van der Waals surface area (Å²) in [4.78, 5) is 22.7. The predicted molar refractivity (Wildman–Crippen MR) is 69.6 cm³/mol. The van der Waals surface area contributed by atoms with Crippen molar-refractivity contribution in [3.05, 3.63) is 28.8 Å². The largest absolute Gasteiger partial charge is 0.376 e. The normalized spacial score (nSPS) is 14.1. The van der Waals surface area contributed by atoms with Crippen LogP contribution < -0.4 is 16.4 Å². The van der Waals surface area contributed by atoms with E-state index in [1.54, 1.807) is 12.1 Å². The number of halogens is 1. The lowest BCUT2D eigenvalue weighted by Crippen LogP contribution is -2.31. The monoisotopic (exact) mass is 267 g/mol. The second-order valence-corrected chi connectivity index (χ2v) is 4.69. The van der Waals surface area contributed by atoms with E-state index in [0.717, 1.165) is 12.8 Å². The van der Waals surface area contributed by atoms with Crippen molar-refractivity contribution < 1.29 is 9.59 Å². The predicted octanol–water partition coefficient (Wildman–Crippen LogP) is 1.13. The minimum absolute atomic E-state index is 0.0946. The van der Waals surface area contributed by atoms with Crippen LogP contribution in [0.3, 0.4) is 0 Å². The molecule has 1 aliphatic carbocycles. The number of amides is 2. The molecule has 1 saturated carbocycles.